The summed E-state index contributed by atoms with van der Waals surface area (Å²) >= 11 is 0. The lowest BCUT2D eigenvalue weighted by molar-refractivity contribution is -0.384. The molecule has 6 heteroatoms. The maximum Gasteiger partial charge on any atom is 0.269 e. The molecule has 3 rings (SSSR count). The third kappa shape index (κ3) is 2.88. The fraction of sp³-hybridized carbons (Fsp3) is 0.235. The zero-order chi connectivity index (χ0) is 16.6. The Hall–Kier alpha value is -2.89. The van der Waals surface area contributed by atoms with Crippen LogP contribution in [0.2, 0.25) is 0 Å². The SMILES string of the molecule is CC1(C)CN(C(=O)c2ccc([N+](=O)[O-])cc2)c2ccccc2N1. The van der Waals surface area contributed by atoms with E-state index in [2.05, 4.69) is 5.32 Å². The third-order valence-corrected chi connectivity index (χ3v) is 3.79. The second-order valence-electron chi connectivity index (χ2n) is 6.22. The van der Waals surface area contributed by atoms with Crippen LogP contribution in [0.3, 0.4) is 0 Å². The van der Waals surface area contributed by atoms with Crippen molar-refractivity contribution in [3.05, 3.63) is 64.2 Å². The second kappa shape index (κ2) is 5.39. The van der Waals surface area contributed by atoms with Gasteiger partial charge in [0.2, 0.25) is 0 Å². The van der Waals surface area contributed by atoms with E-state index in [0.29, 0.717) is 12.1 Å². The number of carbonyl (C=O) groups excluding carboxylic acids is 1. The van der Waals surface area contributed by atoms with Gasteiger partial charge in [-0.1, -0.05) is 12.1 Å². The molecular formula is C17H17N3O3. The molecule has 1 N–H and O–H groups in total. The number of nitrogens with zero attached hydrogens (tertiary/aromatic N) is 2. The van der Waals surface area contributed by atoms with Gasteiger partial charge in [0.05, 0.1) is 16.3 Å². The highest BCUT2D eigenvalue weighted by Gasteiger charge is 2.33. The van der Waals surface area contributed by atoms with Gasteiger partial charge in [-0.05, 0) is 38.1 Å². The Bertz CT molecular complexity index is 769. The van der Waals surface area contributed by atoms with Gasteiger partial charge in [0.1, 0.15) is 0 Å². The fourth-order valence-electron chi connectivity index (χ4n) is 2.76. The van der Waals surface area contributed by atoms with Crippen molar-refractivity contribution in [2.45, 2.75) is 19.4 Å². The van der Waals surface area contributed by atoms with Crippen LogP contribution in [-0.2, 0) is 0 Å². The summed E-state index contributed by atoms with van der Waals surface area (Å²) in [7, 11) is 0. The molecule has 0 aliphatic carbocycles. The summed E-state index contributed by atoms with van der Waals surface area (Å²) in [6.07, 6.45) is 0. The number of rotatable bonds is 2. The Kier molecular flexibility index (Phi) is 3.52. The average molecular weight is 311 g/mol. The van der Waals surface area contributed by atoms with Gasteiger partial charge in [-0.15, -0.1) is 0 Å². The summed E-state index contributed by atoms with van der Waals surface area (Å²) in [6, 6.07) is 13.3. The molecule has 1 aliphatic heterocycles. The smallest absolute Gasteiger partial charge is 0.269 e. The van der Waals surface area contributed by atoms with Crippen molar-refractivity contribution in [3.8, 4) is 0 Å². The van der Waals surface area contributed by atoms with Crippen molar-refractivity contribution < 1.29 is 9.72 Å². The van der Waals surface area contributed by atoms with Crippen molar-refractivity contribution in [3.63, 3.8) is 0 Å². The number of para-hydroxylation sites is 2. The van der Waals surface area contributed by atoms with Crippen molar-refractivity contribution in [2.75, 3.05) is 16.8 Å². The molecule has 0 spiro atoms. The van der Waals surface area contributed by atoms with Crippen LogP contribution in [0, 0.1) is 10.1 Å². The molecule has 2 aromatic carbocycles. The van der Waals surface area contributed by atoms with E-state index in [0.717, 1.165) is 11.4 Å². The number of hydrogen-bond acceptors (Lipinski definition) is 4. The minimum absolute atomic E-state index is 0.0254. The van der Waals surface area contributed by atoms with E-state index in [1.165, 1.54) is 24.3 Å². The molecule has 0 aromatic heterocycles. The van der Waals surface area contributed by atoms with Crippen LogP contribution in [0.4, 0.5) is 17.1 Å². The van der Waals surface area contributed by atoms with Crippen molar-refractivity contribution in [1.29, 1.82) is 0 Å². The van der Waals surface area contributed by atoms with Gasteiger partial charge >= 0.3 is 0 Å². The first-order chi connectivity index (χ1) is 10.9. The Morgan fingerprint density at radius 3 is 2.48 bits per heavy atom. The minimum Gasteiger partial charge on any atom is -0.377 e. The van der Waals surface area contributed by atoms with Crippen LogP contribution in [0.15, 0.2) is 48.5 Å². The van der Waals surface area contributed by atoms with Crippen LogP contribution in [-0.4, -0.2) is 22.9 Å². The van der Waals surface area contributed by atoms with Gasteiger partial charge in [0.25, 0.3) is 11.6 Å². The van der Waals surface area contributed by atoms with Gasteiger partial charge in [0, 0.05) is 29.8 Å². The highest BCUT2D eigenvalue weighted by atomic mass is 16.6. The number of anilines is 2. The van der Waals surface area contributed by atoms with Crippen molar-refractivity contribution >= 4 is 23.0 Å². The quantitative estimate of drug-likeness (QED) is 0.681. The summed E-state index contributed by atoms with van der Waals surface area (Å²) in [5, 5.41) is 14.1. The zero-order valence-corrected chi connectivity index (χ0v) is 12.9. The van der Waals surface area contributed by atoms with E-state index >= 15 is 0 Å². The Labute approximate surface area is 133 Å². The first-order valence-electron chi connectivity index (χ1n) is 7.31. The summed E-state index contributed by atoms with van der Waals surface area (Å²) in [5.74, 6) is -0.165. The number of amides is 1. The molecular weight excluding hydrogens is 294 g/mol. The second-order valence-corrected chi connectivity index (χ2v) is 6.22. The number of nitro groups is 1. The van der Waals surface area contributed by atoms with Crippen LogP contribution in [0.25, 0.3) is 0 Å². The van der Waals surface area contributed by atoms with E-state index in [1.54, 1.807) is 4.90 Å². The Morgan fingerprint density at radius 1 is 1.17 bits per heavy atom. The van der Waals surface area contributed by atoms with Gasteiger partial charge in [0.15, 0.2) is 0 Å². The largest absolute Gasteiger partial charge is 0.377 e. The van der Waals surface area contributed by atoms with Crippen LogP contribution in [0.5, 0.6) is 0 Å². The predicted molar refractivity (Wildman–Crippen MR) is 88.9 cm³/mol. The topological polar surface area (TPSA) is 75.5 Å². The summed E-state index contributed by atoms with van der Waals surface area (Å²) in [6.45, 7) is 4.57. The molecule has 0 bridgehead atoms. The molecule has 6 nitrogen and oxygen atoms in total. The maximum atomic E-state index is 12.9. The highest BCUT2D eigenvalue weighted by Crippen LogP contribution is 2.35. The normalized spacial score (nSPS) is 15.5. The number of non-ortho nitro benzene ring substituents is 1. The zero-order valence-electron chi connectivity index (χ0n) is 12.9. The number of hydrogen-bond donors (Lipinski definition) is 1. The first kappa shape index (κ1) is 15.0. The number of nitro benzene ring substituents is 1. The highest BCUT2D eigenvalue weighted by molar-refractivity contribution is 6.08. The predicted octanol–water partition coefficient (Wildman–Crippen LogP) is 3.45. The molecule has 0 saturated heterocycles. The van der Waals surface area contributed by atoms with Gasteiger partial charge in [-0.2, -0.15) is 0 Å². The Balaban J connectivity index is 1.97. The molecule has 0 radical (unpaired) electrons. The van der Waals surface area contributed by atoms with E-state index in [9.17, 15) is 14.9 Å². The molecule has 0 fully saturated rings. The lowest BCUT2D eigenvalue weighted by Gasteiger charge is -2.40. The van der Waals surface area contributed by atoms with Gasteiger partial charge in [-0.25, -0.2) is 0 Å². The molecule has 2 aromatic rings. The molecule has 0 unspecified atom stereocenters. The molecule has 23 heavy (non-hydrogen) atoms. The lowest BCUT2D eigenvalue weighted by Crippen LogP contribution is -2.50. The van der Waals surface area contributed by atoms with E-state index in [4.69, 9.17) is 0 Å². The van der Waals surface area contributed by atoms with Crippen LogP contribution >= 0.6 is 0 Å². The fourth-order valence-corrected chi connectivity index (χ4v) is 2.76. The minimum atomic E-state index is -0.475. The number of fused-ring (bicyclic) bond motifs is 1. The third-order valence-electron chi connectivity index (χ3n) is 3.79. The number of benzene rings is 2. The molecule has 1 amide bonds. The molecule has 118 valence electrons. The summed E-state index contributed by atoms with van der Waals surface area (Å²) in [5.41, 5.74) is 1.87. The lowest BCUT2D eigenvalue weighted by atomic mass is 9.98. The monoisotopic (exact) mass is 311 g/mol. The van der Waals surface area contributed by atoms with E-state index in [-0.39, 0.29) is 17.1 Å². The molecule has 0 atom stereocenters. The number of carbonyl (C=O) groups is 1. The first-order valence-corrected chi connectivity index (χ1v) is 7.31. The summed E-state index contributed by atoms with van der Waals surface area (Å²) < 4.78 is 0. The maximum absolute atomic E-state index is 12.9. The molecule has 0 saturated carbocycles. The molecule has 1 aliphatic rings. The van der Waals surface area contributed by atoms with Gasteiger partial charge < -0.3 is 10.2 Å². The molecule has 1 heterocycles. The summed E-state index contributed by atoms with van der Waals surface area (Å²) in [4.78, 5) is 24.8. The van der Waals surface area contributed by atoms with Crippen molar-refractivity contribution in [1.82, 2.24) is 0 Å². The number of nitrogens with one attached hydrogen (secondary N) is 1. The average Bonchev–Trinajstić information content (AvgIpc) is 2.52. The van der Waals surface area contributed by atoms with E-state index in [1.807, 2.05) is 38.1 Å². The van der Waals surface area contributed by atoms with E-state index < -0.39 is 4.92 Å². The van der Waals surface area contributed by atoms with Gasteiger partial charge in [-0.3, -0.25) is 14.9 Å². The Morgan fingerprint density at radius 2 is 1.83 bits per heavy atom. The van der Waals surface area contributed by atoms with Crippen molar-refractivity contribution in [2.24, 2.45) is 0 Å². The van der Waals surface area contributed by atoms with Crippen LogP contribution in [0.1, 0.15) is 24.2 Å². The van der Waals surface area contributed by atoms with Crippen LogP contribution < -0.4 is 10.2 Å². The standard InChI is InChI=1S/C17H17N3O3/c1-17(2)11-19(15-6-4-3-5-14(15)18-17)16(21)12-7-9-13(10-8-12)20(22)23/h3-10,18H,11H2,1-2H3.